The van der Waals surface area contributed by atoms with E-state index in [2.05, 4.69) is 30.8 Å². The van der Waals surface area contributed by atoms with Gasteiger partial charge < -0.3 is 20.9 Å². The van der Waals surface area contributed by atoms with E-state index < -0.39 is 0 Å². The smallest absolute Gasteiger partial charge is 0.239 e. The Balaban J connectivity index is 1.35. The summed E-state index contributed by atoms with van der Waals surface area (Å²) >= 11 is 12.0. The molecule has 1 saturated heterocycles. The quantitative estimate of drug-likeness (QED) is 0.668. The molecule has 0 radical (unpaired) electrons. The second kappa shape index (κ2) is 8.42. The van der Waals surface area contributed by atoms with Gasteiger partial charge in [-0.05, 0) is 31.0 Å². The zero-order valence-corrected chi connectivity index (χ0v) is 17.1. The summed E-state index contributed by atoms with van der Waals surface area (Å²) in [4.78, 5) is 34.7. The fourth-order valence-corrected chi connectivity index (χ4v) is 4.21. The van der Waals surface area contributed by atoms with Crippen LogP contribution in [-0.4, -0.2) is 47.5 Å². The van der Waals surface area contributed by atoms with Crippen molar-refractivity contribution in [3.05, 3.63) is 40.1 Å². The number of fused-ring (bicyclic) bond motifs is 1. The lowest BCUT2D eigenvalue weighted by molar-refractivity contribution is -0.120. The molecule has 1 aromatic heterocycles. The van der Waals surface area contributed by atoms with Gasteiger partial charge >= 0.3 is 0 Å². The Morgan fingerprint density at radius 2 is 2.03 bits per heavy atom. The number of nitrogens with one attached hydrogen (secondary N) is 3. The van der Waals surface area contributed by atoms with Crippen molar-refractivity contribution >= 4 is 52.3 Å². The number of anilines is 3. The van der Waals surface area contributed by atoms with Crippen molar-refractivity contribution < 1.29 is 9.59 Å². The Morgan fingerprint density at radius 1 is 1.24 bits per heavy atom. The fraction of sp³-hybridized carbons (Fsp3) is 0.368. The van der Waals surface area contributed by atoms with Gasteiger partial charge in [0.25, 0.3) is 0 Å². The SMILES string of the molecule is O=C1Cc2c(ncnc2N2CCCC(NC(=O)CNc3cc(Cl)cc(Cl)c3)C2)N1. The molecule has 1 unspecified atom stereocenters. The first-order valence-electron chi connectivity index (χ1n) is 9.36. The molecular weight excluding hydrogens is 415 g/mol. The Labute approximate surface area is 178 Å². The van der Waals surface area contributed by atoms with Gasteiger partial charge in [0.15, 0.2) is 0 Å². The molecule has 0 saturated carbocycles. The highest BCUT2D eigenvalue weighted by Crippen LogP contribution is 2.30. The summed E-state index contributed by atoms with van der Waals surface area (Å²) in [6, 6.07) is 5.07. The maximum absolute atomic E-state index is 12.4. The molecule has 2 amide bonds. The van der Waals surface area contributed by atoms with Crippen LogP contribution in [0.15, 0.2) is 24.5 Å². The first kappa shape index (κ1) is 19.7. The molecule has 2 aliphatic heterocycles. The number of halogens is 2. The number of nitrogens with zero attached hydrogens (tertiary/aromatic N) is 3. The highest BCUT2D eigenvalue weighted by molar-refractivity contribution is 6.35. The molecule has 3 N–H and O–H groups in total. The van der Waals surface area contributed by atoms with Gasteiger partial charge in [-0.1, -0.05) is 23.2 Å². The number of benzene rings is 1. The molecule has 4 rings (SSSR count). The van der Waals surface area contributed by atoms with Gasteiger partial charge in [0, 0.05) is 40.4 Å². The van der Waals surface area contributed by atoms with Crippen molar-refractivity contribution in [3.8, 4) is 0 Å². The predicted molar refractivity (Wildman–Crippen MR) is 113 cm³/mol. The molecule has 1 atom stereocenters. The number of carbonyl (C=O) groups excluding carboxylic acids is 2. The van der Waals surface area contributed by atoms with Crippen molar-refractivity contribution in [1.82, 2.24) is 15.3 Å². The largest absolute Gasteiger partial charge is 0.376 e. The molecule has 10 heteroatoms. The number of aromatic nitrogens is 2. The minimum Gasteiger partial charge on any atom is -0.376 e. The molecule has 152 valence electrons. The van der Waals surface area contributed by atoms with Gasteiger partial charge in [-0.15, -0.1) is 0 Å². The summed E-state index contributed by atoms with van der Waals surface area (Å²) in [5.41, 5.74) is 1.51. The van der Waals surface area contributed by atoms with Crippen molar-refractivity contribution in [2.45, 2.75) is 25.3 Å². The van der Waals surface area contributed by atoms with Crippen LogP contribution in [-0.2, 0) is 16.0 Å². The van der Waals surface area contributed by atoms with Crippen molar-refractivity contribution in [2.24, 2.45) is 0 Å². The number of amides is 2. The summed E-state index contributed by atoms with van der Waals surface area (Å²) in [7, 11) is 0. The normalized spacial score (nSPS) is 18.2. The zero-order chi connectivity index (χ0) is 20.4. The summed E-state index contributed by atoms with van der Waals surface area (Å²) < 4.78 is 0. The Hall–Kier alpha value is -2.58. The molecule has 29 heavy (non-hydrogen) atoms. The zero-order valence-electron chi connectivity index (χ0n) is 15.5. The van der Waals surface area contributed by atoms with Crippen molar-refractivity contribution in [3.63, 3.8) is 0 Å². The van der Waals surface area contributed by atoms with Crippen molar-refractivity contribution in [2.75, 3.05) is 35.2 Å². The van der Waals surface area contributed by atoms with Crippen molar-refractivity contribution in [1.29, 1.82) is 0 Å². The summed E-state index contributed by atoms with van der Waals surface area (Å²) in [6.07, 6.45) is 3.55. The first-order chi connectivity index (χ1) is 14.0. The molecule has 1 aromatic carbocycles. The maximum Gasteiger partial charge on any atom is 0.239 e. The van der Waals surface area contributed by atoms with Gasteiger partial charge in [-0.3, -0.25) is 9.59 Å². The minimum absolute atomic E-state index is 0.00308. The minimum atomic E-state index is -0.113. The molecule has 0 aliphatic carbocycles. The molecular formula is C19H20Cl2N6O2. The van der Waals surface area contributed by atoms with Crippen LogP contribution in [0.2, 0.25) is 10.0 Å². The second-order valence-electron chi connectivity index (χ2n) is 7.11. The Morgan fingerprint density at radius 3 is 2.83 bits per heavy atom. The van der Waals surface area contributed by atoms with E-state index in [1.807, 2.05) is 0 Å². The lowest BCUT2D eigenvalue weighted by Gasteiger charge is -2.34. The number of hydrogen-bond donors (Lipinski definition) is 3. The van der Waals surface area contributed by atoms with Gasteiger partial charge in [0.05, 0.1) is 13.0 Å². The van der Waals surface area contributed by atoms with E-state index in [0.717, 1.165) is 30.8 Å². The molecule has 2 aliphatic rings. The van der Waals surface area contributed by atoms with Crippen LogP contribution in [0, 0.1) is 0 Å². The molecule has 2 aromatic rings. The monoisotopic (exact) mass is 434 g/mol. The number of carbonyl (C=O) groups is 2. The van der Waals surface area contributed by atoms with E-state index in [1.54, 1.807) is 18.2 Å². The average Bonchev–Trinajstić information content (AvgIpc) is 3.06. The van der Waals surface area contributed by atoms with E-state index in [0.29, 0.717) is 28.1 Å². The van der Waals surface area contributed by atoms with Gasteiger partial charge in [-0.25, -0.2) is 9.97 Å². The van der Waals surface area contributed by atoms with Gasteiger partial charge in [0.2, 0.25) is 11.8 Å². The van der Waals surface area contributed by atoms with E-state index in [-0.39, 0.29) is 30.8 Å². The van der Waals surface area contributed by atoms with Crippen LogP contribution in [0.5, 0.6) is 0 Å². The lowest BCUT2D eigenvalue weighted by Crippen LogP contribution is -2.49. The van der Waals surface area contributed by atoms with E-state index in [4.69, 9.17) is 23.2 Å². The highest BCUT2D eigenvalue weighted by Gasteiger charge is 2.29. The van der Waals surface area contributed by atoms with Gasteiger partial charge in [0.1, 0.15) is 18.0 Å². The molecule has 3 heterocycles. The van der Waals surface area contributed by atoms with Crippen LogP contribution >= 0.6 is 23.2 Å². The van der Waals surface area contributed by atoms with Crippen LogP contribution in [0.1, 0.15) is 18.4 Å². The fourth-order valence-electron chi connectivity index (χ4n) is 3.69. The maximum atomic E-state index is 12.4. The highest BCUT2D eigenvalue weighted by atomic mass is 35.5. The molecule has 1 fully saturated rings. The van der Waals surface area contributed by atoms with Crippen LogP contribution in [0.25, 0.3) is 0 Å². The summed E-state index contributed by atoms with van der Waals surface area (Å²) in [5, 5.41) is 9.86. The number of piperidine rings is 1. The van der Waals surface area contributed by atoms with Crippen LogP contribution in [0.4, 0.5) is 17.3 Å². The lowest BCUT2D eigenvalue weighted by atomic mass is 10.0. The third-order valence-electron chi connectivity index (χ3n) is 4.92. The summed E-state index contributed by atoms with van der Waals surface area (Å²) in [6.45, 7) is 1.57. The van der Waals surface area contributed by atoms with Gasteiger partial charge in [-0.2, -0.15) is 0 Å². The van der Waals surface area contributed by atoms with E-state index >= 15 is 0 Å². The second-order valence-corrected chi connectivity index (χ2v) is 7.99. The topological polar surface area (TPSA) is 99.2 Å². The third-order valence-corrected chi connectivity index (χ3v) is 5.36. The predicted octanol–water partition coefficient (Wildman–Crippen LogP) is 2.48. The summed E-state index contributed by atoms with van der Waals surface area (Å²) in [5.74, 6) is 1.16. The molecule has 0 spiro atoms. The van der Waals surface area contributed by atoms with Crippen LogP contribution < -0.4 is 20.9 Å². The average molecular weight is 435 g/mol. The standard InChI is InChI=1S/C19H20Cl2N6O2/c20-11-4-12(21)6-14(5-11)22-8-17(29)25-13-2-1-3-27(9-13)19-15-7-16(28)26-18(15)23-10-24-19/h4-6,10,13,22H,1-3,7-9H2,(H,25,29)(H,23,24,26,28). The number of rotatable bonds is 5. The first-order valence-corrected chi connectivity index (χ1v) is 10.1. The molecule has 0 bridgehead atoms. The number of hydrogen-bond acceptors (Lipinski definition) is 6. The Bertz CT molecular complexity index is 934. The van der Waals surface area contributed by atoms with Crippen LogP contribution in [0.3, 0.4) is 0 Å². The third kappa shape index (κ3) is 4.71. The van der Waals surface area contributed by atoms with E-state index in [1.165, 1.54) is 6.33 Å². The molecule has 8 nitrogen and oxygen atoms in total. The Kier molecular flexibility index (Phi) is 5.73. The van der Waals surface area contributed by atoms with E-state index in [9.17, 15) is 9.59 Å².